The molecule has 3 heterocycles. The van der Waals surface area contributed by atoms with Crippen molar-refractivity contribution in [2.24, 2.45) is 35.3 Å². The summed E-state index contributed by atoms with van der Waals surface area (Å²) >= 11 is 0. The molecule has 4 rings (SSSR count). The minimum atomic E-state index is -1.75. The molecule has 22 nitrogen and oxygen atoms in total. The van der Waals surface area contributed by atoms with Gasteiger partial charge in [-0.25, -0.2) is 4.79 Å². The standard InChI is InChI=1S/C57H90N8O14/c1-15-33(8)46-44(66)29-45(67)79-49(32(6)7)48(68)34(9)50(69)59-39(26-30(2)3)54(73)65-25-17-19-41(65)56(75)63(13)43(28-37-20-22-38(77-14)23-21-37)57(76)78-36(11)47(52(71)60-46)61-51(70)42(27-31(4)5)62(12)55(74)40-18-16-24-64(40)53(72)35(10)58/h20-23,30-36,39-44,46-47,49,66H,15-19,24-29,58H2,1-14H3,(H,59,69)(H,60,71)(H,61,70)/t33-,34-,35-,36+,39-,40-,41-,42+,43-,44-,46+,47+,49-/m0/s1. The van der Waals surface area contributed by atoms with Crippen molar-refractivity contribution < 1.29 is 67.3 Å². The number of likely N-dealkylation sites (N-methyl/N-ethyl adjacent to an activating group) is 2. The first-order valence-electron chi connectivity index (χ1n) is 28.1. The van der Waals surface area contributed by atoms with Gasteiger partial charge in [0, 0.05) is 33.6 Å². The van der Waals surface area contributed by atoms with Crippen LogP contribution < -0.4 is 26.4 Å². The van der Waals surface area contributed by atoms with Gasteiger partial charge in [-0.15, -0.1) is 0 Å². The van der Waals surface area contributed by atoms with Crippen molar-refractivity contribution in [3.8, 4) is 5.75 Å². The number of fused-ring (bicyclic) bond motifs is 1. The second kappa shape index (κ2) is 29.3. The van der Waals surface area contributed by atoms with E-state index in [4.69, 9.17) is 19.9 Å². The van der Waals surface area contributed by atoms with Gasteiger partial charge in [0.15, 0.2) is 11.9 Å². The fraction of sp³-hybridized carbons (Fsp3) is 0.719. The van der Waals surface area contributed by atoms with E-state index in [9.17, 15) is 48.3 Å². The minimum absolute atomic E-state index is 0.0967. The van der Waals surface area contributed by atoms with E-state index in [0.717, 1.165) is 0 Å². The van der Waals surface area contributed by atoms with Gasteiger partial charge in [0.2, 0.25) is 41.4 Å². The van der Waals surface area contributed by atoms with Gasteiger partial charge in [0.1, 0.15) is 48.1 Å². The molecule has 22 heteroatoms. The number of Topliss-reactive ketones (excluding diaryl/α,β-unsaturated/α-hetero) is 1. The number of aliphatic hydroxyl groups is 1. The lowest BCUT2D eigenvalue weighted by molar-refractivity contribution is -0.163. The van der Waals surface area contributed by atoms with E-state index in [0.29, 0.717) is 43.5 Å². The number of amides is 7. The number of cyclic esters (lactones) is 2. The highest BCUT2D eigenvalue weighted by Gasteiger charge is 2.46. The number of benzene rings is 1. The topological polar surface area (TPSA) is 294 Å². The number of methoxy groups -OCH3 is 1. The molecule has 0 unspecified atom stereocenters. The van der Waals surface area contributed by atoms with Crippen LogP contribution in [0.1, 0.15) is 133 Å². The van der Waals surface area contributed by atoms with Gasteiger partial charge < -0.3 is 60.6 Å². The third-order valence-electron chi connectivity index (χ3n) is 15.5. The molecule has 3 aliphatic heterocycles. The lowest BCUT2D eigenvalue weighted by Crippen LogP contribution is -2.62. The minimum Gasteiger partial charge on any atom is -0.497 e. The Labute approximate surface area is 466 Å². The second-order valence-electron chi connectivity index (χ2n) is 23.1. The summed E-state index contributed by atoms with van der Waals surface area (Å²) in [5.41, 5.74) is 6.52. The van der Waals surface area contributed by atoms with Crippen LogP contribution in [0, 0.1) is 29.6 Å². The SMILES string of the molecule is CC[C@H](C)[C@H]1NC(=O)[C@H](NC(=O)[C@@H](CC(C)C)N(C)C(=O)[C@@H]2CCCN2C(=O)[C@H](C)N)[C@@H](C)OC(=O)[C@H](Cc2ccc(OC)cc2)N(C)C(=O)[C@@H]2CCCN2C(=O)[C@H](CC(C)C)NC(=O)[C@@H](C)C(=O)[C@H](C(C)C)OC(=O)C[C@@H]1O. The van der Waals surface area contributed by atoms with Crippen LogP contribution in [0.4, 0.5) is 0 Å². The molecule has 0 saturated carbocycles. The molecule has 0 bridgehead atoms. The Bertz CT molecular complexity index is 2330. The number of hydrogen-bond donors (Lipinski definition) is 5. The van der Waals surface area contributed by atoms with E-state index >= 15 is 4.79 Å². The highest BCUT2D eigenvalue weighted by molar-refractivity contribution is 6.05. The van der Waals surface area contributed by atoms with E-state index in [1.807, 2.05) is 27.7 Å². The van der Waals surface area contributed by atoms with Crippen LogP contribution in [0.3, 0.4) is 0 Å². The number of carbonyl (C=O) groups is 10. The predicted molar refractivity (Wildman–Crippen MR) is 292 cm³/mol. The summed E-state index contributed by atoms with van der Waals surface area (Å²) in [4.78, 5) is 149. The van der Waals surface area contributed by atoms with E-state index in [1.54, 1.807) is 52.0 Å². The number of ketones is 1. The van der Waals surface area contributed by atoms with Crippen LogP contribution in [-0.2, 0) is 63.8 Å². The molecule has 79 heavy (non-hydrogen) atoms. The average molecular weight is 1110 g/mol. The smallest absolute Gasteiger partial charge is 0.329 e. The Balaban J connectivity index is 1.89. The number of nitrogens with two attached hydrogens (primary N) is 1. The van der Waals surface area contributed by atoms with Gasteiger partial charge >= 0.3 is 11.9 Å². The molecular formula is C57H90N8O14. The maximum Gasteiger partial charge on any atom is 0.329 e. The zero-order valence-electron chi connectivity index (χ0n) is 48.9. The Morgan fingerprint density at radius 1 is 0.873 bits per heavy atom. The summed E-state index contributed by atoms with van der Waals surface area (Å²) in [6, 6.07) is -2.88. The first-order valence-corrected chi connectivity index (χ1v) is 28.1. The third-order valence-corrected chi connectivity index (χ3v) is 15.5. The fourth-order valence-electron chi connectivity index (χ4n) is 10.5. The number of esters is 2. The average Bonchev–Trinajstić information content (AvgIpc) is 4.13. The van der Waals surface area contributed by atoms with Crippen LogP contribution in [0.2, 0.25) is 0 Å². The van der Waals surface area contributed by atoms with Crippen LogP contribution in [-0.4, -0.2) is 185 Å². The van der Waals surface area contributed by atoms with E-state index in [-0.39, 0.29) is 44.1 Å². The third kappa shape index (κ3) is 16.9. The van der Waals surface area contributed by atoms with Crippen molar-refractivity contribution in [3.05, 3.63) is 29.8 Å². The summed E-state index contributed by atoms with van der Waals surface area (Å²) in [6.45, 7) is 18.8. The van der Waals surface area contributed by atoms with Crippen molar-refractivity contribution in [1.82, 2.24) is 35.6 Å². The lowest BCUT2D eigenvalue weighted by atomic mass is 9.91. The quantitative estimate of drug-likeness (QED) is 0.124. The highest BCUT2D eigenvalue weighted by atomic mass is 16.6. The maximum atomic E-state index is 15.0. The monoisotopic (exact) mass is 1110 g/mol. The Morgan fingerprint density at radius 2 is 1.51 bits per heavy atom. The van der Waals surface area contributed by atoms with Crippen LogP contribution in [0.25, 0.3) is 0 Å². The number of nitrogens with zero attached hydrogens (tertiary/aromatic N) is 4. The molecule has 7 amide bonds. The first kappa shape index (κ1) is 65.4. The number of likely N-dealkylation sites (tertiary alicyclic amines) is 1. The molecule has 1 aromatic carbocycles. The lowest BCUT2D eigenvalue weighted by Gasteiger charge is -2.36. The molecule has 3 aliphatic rings. The molecule has 0 spiro atoms. The predicted octanol–water partition coefficient (Wildman–Crippen LogP) is 2.28. The molecule has 0 radical (unpaired) electrons. The van der Waals surface area contributed by atoms with Gasteiger partial charge in [-0.3, -0.25) is 43.2 Å². The van der Waals surface area contributed by atoms with Gasteiger partial charge in [0.05, 0.1) is 37.6 Å². The van der Waals surface area contributed by atoms with Gasteiger partial charge in [0.25, 0.3) is 0 Å². The van der Waals surface area contributed by atoms with E-state index in [1.165, 1.54) is 61.6 Å². The molecule has 3 saturated heterocycles. The Hall–Kier alpha value is -6.16. The van der Waals surface area contributed by atoms with Crippen LogP contribution >= 0.6 is 0 Å². The zero-order valence-corrected chi connectivity index (χ0v) is 48.9. The number of nitrogens with one attached hydrogen (secondary N) is 3. The van der Waals surface area contributed by atoms with Crippen molar-refractivity contribution in [1.29, 1.82) is 0 Å². The molecule has 0 aromatic heterocycles. The second-order valence-corrected chi connectivity index (χ2v) is 23.1. The number of hydrogen-bond acceptors (Lipinski definition) is 15. The summed E-state index contributed by atoms with van der Waals surface area (Å²) in [5.74, 6) is -9.86. The molecule has 1 aromatic rings. The van der Waals surface area contributed by atoms with Gasteiger partial charge in [-0.1, -0.05) is 73.9 Å². The number of aliphatic hydroxyl groups excluding tert-OH is 1. The number of ether oxygens (including phenoxy) is 3. The molecule has 13 atom stereocenters. The zero-order chi connectivity index (χ0) is 59.3. The Kier molecular flexibility index (Phi) is 24.3. The van der Waals surface area contributed by atoms with Crippen LogP contribution in [0.5, 0.6) is 5.75 Å². The number of carbonyl (C=O) groups excluding carboxylic acids is 10. The van der Waals surface area contributed by atoms with Crippen molar-refractivity contribution in [2.75, 3.05) is 34.3 Å². The Morgan fingerprint density at radius 3 is 2.08 bits per heavy atom. The number of rotatable bonds is 15. The van der Waals surface area contributed by atoms with Crippen molar-refractivity contribution >= 4 is 59.1 Å². The van der Waals surface area contributed by atoms with Crippen LogP contribution in [0.15, 0.2) is 24.3 Å². The van der Waals surface area contributed by atoms with Crippen molar-refractivity contribution in [2.45, 2.75) is 201 Å². The van der Waals surface area contributed by atoms with Gasteiger partial charge in [-0.2, -0.15) is 0 Å². The largest absolute Gasteiger partial charge is 0.497 e. The molecule has 442 valence electrons. The van der Waals surface area contributed by atoms with Gasteiger partial charge in [-0.05, 0) is 101 Å². The van der Waals surface area contributed by atoms with E-state index < -0.39 is 150 Å². The van der Waals surface area contributed by atoms with E-state index in [2.05, 4.69) is 16.0 Å². The maximum absolute atomic E-state index is 15.0. The summed E-state index contributed by atoms with van der Waals surface area (Å²) in [6.07, 6.45) is -3.41. The first-order chi connectivity index (χ1) is 37.0. The molecular weight excluding hydrogens is 1020 g/mol. The molecule has 0 aliphatic carbocycles. The normalized spacial score (nSPS) is 27.7. The molecule has 3 fully saturated rings. The van der Waals surface area contributed by atoms with Crippen molar-refractivity contribution in [3.63, 3.8) is 0 Å². The molecule has 6 N–H and O–H groups in total. The fourth-order valence-corrected chi connectivity index (χ4v) is 10.5. The summed E-state index contributed by atoms with van der Waals surface area (Å²) < 4.78 is 17.3. The highest BCUT2D eigenvalue weighted by Crippen LogP contribution is 2.27. The summed E-state index contributed by atoms with van der Waals surface area (Å²) in [7, 11) is 4.33. The summed E-state index contributed by atoms with van der Waals surface area (Å²) in [5, 5.41) is 20.1.